The normalized spacial score (nSPS) is 27.3. The Labute approximate surface area is 188 Å². The molecule has 1 aromatic rings. The Bertz CT molecular complexity index is 744. The van der Waals surface area contributed by atoms with Gasteiger partial charge >= 0.3 is 0 Å². The van der Waals surface area contributed by atoms with Crippen molar-refractivity contribution in [3.05, 3.63) is 59.4 Å². The maximum absolute atomic E-state index is 12.7. The fourth-order valence-corrected chi connectivity index (χ4v) is 5.17. The predicted octanol–water partition coefficient (Wildman–Crippen LogP) is 7.81. The van der Waals surface area contributed by atoms with Crippen molar-refractivity contribution in [2.75, 3.05) is 6.61 Å². The minimum Gasteiger partial charge on any atom is -0.378 e. The van der Waals surface area contributed by atoms with Crippen LogP contribution < -0.4 is 0 Å². The maximum atomic E-state index is 12.7. The molecular formula is C28H38FNO. The number of nitrogens with zero attached hydrogens (tertiary/aromatic N) is 1. The first-order valence-corrected chi connectivity index (χ1v) is 12.3. The molecule has 2 fully saturated rings. The van der Waals surface area contributed by atoms with E-state index in [-0.39, 0.29) is 0 Å². The second kappa shape index (κ2) is 12.8. The minimum atomic E-state index is -0.729. The summed E-state index contributed by atoms with van der Waals surface area (Å²) in [4.78, 5) is 0. The van der Waals surface area contributed by atoms with E-state index in [0.29, 0.717) is 6.10 Å². The van der Waals surface area contributed by atoms with Crippen molar-refractivity contribution in [3.8, 4) is 6.07 Å². The summed E-state index contributed by atoms with van der Waals surface area (Å²) in [5, 5.41) is 8.38. The summed E-state index contributed by atoms with van der Waals surface area (Å²) in [5.74, 6) is 1.49. The Hall–Kier alpha value is -1.92. The SMILES string of the molecule is CCc1ccc([C@H]2CC[C@H](CO[C@H]3CC[C@H](CCC=CC=C(F)C#N)CC3)CC2)cc1. The molecule has 0 bridgehead atoms. The number of halogens is 1. The number of aryl methyl sites for hydroxylation is 1. The van der Waals surface area contributed by atoms with E-state index in [0.717, 1.165) is 43.6 Å². The van der Waals surface area contributed by atoms with Crippen LogP contribution >= 0.6 is 0 Å². The molecule has 2 aliphatic carbocycles. The van der Waals surface area contributed by atoms with Crippen LogP contribution in [0.4, 0.5) is 4.39 Å². The Morgan fingerprint density at radius 2 is 1.71 bits per heavy atom. The van der Waals surface area contributed by atoms with Crippen molar-refractivity contribution in [1.29, 1.82) is 5.26 Å². The van der Waals surface area contributed by atoms with Crippen LogP contribution in [0.5, 0.6) is 0 Å². The Kier molecular flexibility index (Phi) is 9.82. The van der Waals surface area contributed by atoms with Gasteiger partial charge in [0.2, 0.25) is 0 Å². The van der Waals surface area contributed by atoms with Crippen molar-refractivity contribution in [1.82, 2.24) is 0 Å². The van der Waals surface area contributed by atoms with Crippen LogP contribution in [0.15, 0.2) is 48.3 Å². The fourth-order valence-electron chi connectivity index (χ4n) is 5.17. The largest absolute Gasteiger partial charge is 0.378 e. The van der Waals surface area contributed by atoms with Crippen molar-refractivity contribution < 1.29 is 9.13 Å². The zero-order valence-corrected chi connectivity index (χ0v) is 19.1. The van der Waals surface area contributed by atoms with Crippen LogP contribution in [0.1, 0.15) is 88.2 Å². The first kappa shape index (κ1) is 23.7. The smallest absolute Gasteiger partial charge is 0.199 e. The molecule has 31 heavy (non-hydrogen) atoms. The number of ether oxygens (including phenoxy) is 1. The van der Waals surface area contributed by atoms with Crippen LogP contribution in [0.25, 0.3) is 0 Å². The van der Waals surface area contributed by atoms with E-state index in [1.807, 2.05) is 6.08 Å². The van der Waals surface area contributed by atoms with E-state index in [2.05, 4.69) is 31.2 Å². The number of allylic oxidation sites excluding steroid dienone is 4. The predicted molar refractivity (Wildman–Crippen MR) is 125 cm³/mol. The summed E-state index contributed by atoms with van der Waals surface area (Å²) in [7, 11) is 0. The van der Waals surface area contributed by atoms with Gasteiger partial charge in [0.25, 0.3) is 0 Å². The van der Waals surface area contributed by atoms with E-state index in [1.165, 1.54) is 74.6 Å². The van der Waals surface area contributed by atoms with E-state index < -0.39 is 5.83 Å². The van der Waals surface area contributed by atoms with Gasteiger partial charge in [0, 0.05) is 6.61 Å². The zero-order chi connectivity index (χ0) is 21.9. The Morgan fingerprint density at radius 1 is 1.03 bits per heavy atom. The van der Waals surface area contributed by atoms with Crippen molar-refractivity contribution in [2.45, 2.75) is 89.6 Å². The highest BCUT2D eigenvalue weighted by molar-refractivity contribution is 5.25. The van der Waals surface area contributed by atoms with Crippen LogP contribution in [0.2, 0.25) is 0 Å². The van der Waals surface area contributed by atoms with E-state index in [9.17, 15) is 4.39 Å². The molecule has 0 radical (unpaired) electrons. The van der Waals surface area contributed by atoms with E-state index in [4.69, 9.17) is 10.00 Å². The van der Waals surface area contributed by atoms with Gasteiger partial charge in [0.15, 0.2) is 5.83 Å². The molecule has 0 spiro atoms. The topological polar surface area (TPSA) is 33.0 Å². The molecule has 2 aliphatic rings. The number of benzene rings is 1. The molecule has 0 unspecified atom stereocenters. The zero-order valence-electron chi connectivity index (χ0n) is 19.1. The van der Waals surface area contributed by atoms with Gasteiger partial charge in [-0.1, -0.05) is 43.3 Å². The van der Waals surface area contributed by atoms with Crippen molar-refractivity contribution in [3.63, 3.8) is 0 Å². The molecule has 2 saturated carbocycles. The average molecular weight is 424 g/mol. The molecule has 3 heteroatoms. The van der Waals surface area contributed by atoms with Gasteiger partial charge in [-0.05, 0) is 106 Å². The molecule has 2 nitrogen and oxygen atoms in total. The van der Waals surface area contributed by atoms with Crippen LogP contribution in [0.3, 0.4) is 0 Å². The lowest BCUT2D eigenvalue weighted by Gasteiger charge is -2.32. The number of hydrogen-bond acceptors (Lipinski definition) is 2. The molecule has 0 saturated heterocycles. The summed E-state index contributed by atoms with van der Waals surface area (Å²) >= 11 is 0. The Morgan fingerprint density at radius 3 is 2.35 bits per heavy atom. The Balaban J connectivity index is 1.28. The highest BCUT2D eigenvalue weighted by Crippen LogP contribution is 2.37. The molecule has 0 N–H and O–H groups in total. The molecule has 0 amide bonds. The number of hydrogen-bond donors (Lipinski definition) is 0. The van der Waals surface area contributed by atoms with Crippen molar-refractivity contribution >= 4 is 0 Å². The quantitative estimate of drug-likeness (QED) is 0.300. The molecule has 0 aliphatic heterocycles. The molecule has 0 aromatic heterocycles. The second-order valence-electron chi connectivity index (χ2n) is 9.42. The molecular weight excluding hydrogens is 385 g/mol. The molecule has 168 valence electrons. The summed E-state index contributed by atoms with van der Waals surface area (Å²) in [6.07, 6.45) is 18.5. The van der Waals surface area contributed by atoms with Gasteiger partial charge in [-0.15, -0.1) is 0 Å². The van der Waals surface area contributed by atoms with Gasteiger partial charge in [-0.3, -0.25) is 0 Å². The molecule has 0 atom stereocenters. The van der Waals surface area contributed by atoms with E-state index >= 15 is 0 Å². The molecule has 0 heterocycles. The number of rotatable bonds is 9. The highest BCUT2D eigenvalue weighted by atomic mass is 19.1. The average Bonchev–Trinajstić information content (AvgIpc) is 2.83. The fraction of sp³-hybridized carbons (Fsp3) is 0.607. The van der Waals surface area contributed by atoms with Gasteiger partial charge in [-0.25, -0.2) is 0 Å². The summed E-state index contributed by atoms with van der Waals surface area (Å²) in [5.41, 5.74) is 2.95. The second-order valence-corrected chi connectivity index (χ2v) is 9.42. The van der Waals surface area contributed by atoms with E-state index in [1.54, 1.807) is 6.08 Å². The lowest BCUT2D eigenvalue weighted by Crippen LogP contribution is -2.25. The molecule has 3 rings (SSSR count). The highest BCUT2D eigenvalue weighted by Gasteiger charge is 2.25. The summed E-state index contributed by atoms with van der Waals surface area (Å²) in [6, 6.07) is 10.8. The first-order valence-electron chi connectivity index (χ1n) is 12.3. The monoisotopic (exact) mass is 423 g/mol. The maximum Gasteiger partial charge on any atom is 0.199 e. The third kappa shape index (κ3) is 7.93. The van der Waals surface area contributed by atoms with Gasteiger partial charge in [0.05, 0.1) is 6.10 Å². The number of nitriles is 1. The third-order valence-corrected chi connectivity index (χ3v) is 7.29. The lowest BCUT2D eigenvalue weighted by molar-refractivity contribution is -0.00824. The van der Waals surface area contributed by atoms with Crippen LogP contribution in [0, 0.1) is 23.2 Å². The van der Waals surface area contributed by atoms with Gasteiger partial charge in [-0.2, -0.15) is 9.65 Å². The van der Waals surface area contributed by atoms with Gasteiger partial charge in [0.1, 0.15) is 6.07 Å². The summed E-state index contributed by atoms with van der Waals surface area (Å²) in [6.45, 7) is 3.15. The lowest BCUT2D eigenvalue weighted by atomic mass is 9.79. The standard InChI is InChI=1S/C28H38FNO/c1-2-22-8-14-25(15-9-22)26-16-10-24(11-17-26)21-31-28-18-12-23(13-19-28)6-4-3-5-7-27(29)20-30/h3,5,7-9,14-15,23-24,26,28H,2,4,6,10-13,16-19,21H2,1H3/t23-,24-,26-,28-. The van der Waals surface area contributed by atoms with Crippen molar-refractivity contribution in [2.24, 2.45) is 11.8 Å². The van der Waals surface area contributed by atoms with Crippen LogP contribution in [-0.4, -0.2) is 12.7 Å². The first-order chi connectivity index (χ1) is 15.2. The molecule has 1 aromatic carbocycles. The minimum absolute atomic E-state index is 0.443. The third-order valence-electron chi connectivity index (χ3n) is 7.29. The summed E-state index contributed by atoms with van der Waals surface area (Å²) < 4.78 is 19.1. The van der Waals surface area contributed by atoms with Crippen LogP contribution in [-0.2, 0) is 11.2 Å². The van der Waals surface area contributed by atoms with Gasteiger partial charge < -0.3 is 4.74 Å².